The highest BCUT2D eigenvalue weighted by atomic mass is 35.5. The van der Waals surface area contributed by atoms with E-state index < -0.39 is 0 Å². The van der Waals surface area contributed by atoms with Gasteiger partial charge in [0.1, 0.15) is 0 Å². The smallest absolute Gasteiger partial charge is 0.0728 e. The van der Waals surface area contributed by atoms with Crippen molar-refractivity contribution < 1.29 is 5.11 Å². The molecule has 4 heteroatoms. The average molecular weight is 254 g/mol. The van der Waals surface area contributed by atoms with E-state index in [1.807, 2.05) is 31.2 Å². The molecule has 1 N–H and O–H groups in total. The Bertz CT molecular complexity index is 503. The summed E-state index contributed by atoms with van der Waals surface area (Å²) in [6.45, 7) is 2.16. The molecule has 0 aliphatic rings. The van der Waals surface area contributed by atoms with Crippen LogP contribution in [0.4, 0.5) is 0 Å². The molecule has 1 atom stereocenters. The van der Waals surface area contributed by atoms with E-state index >= 15 is 0 Å². The summed E-state index contributed by atoms with van der Waals surface area (Å²) in [5.74, 6) is 0. The lowest BCUT2D eigenvalue weighted by molar-refractivity contribution is 0.300. The number of rotatable bonds is 3. The van der Waals surface area contributed by atoms with Crippen molar-refractivity contribution in [2.45, 2.75) is 17.1 Å². The van der Waals surface area contributed by atoms with E-state index in [1.54, 1.807) is 18.0 Å². The van der Waals surface area contributed by atoms with Crippen molar-refractivity contribution in [3.8, 4) is 0 Å². The third-order valence-electron chi connectivity index (χ3n) is 2.25. The lowest BCUT2D eigenvalue weighted by Gasteiger charge is -2.09. The second kappa shape index (κ2) is 5.04. The predicted octanol–water partition coefficient (Wildman–Crippen LogP) is 3.36. The number of hydrogen-bond donors (Lipinski definition) is 1. The first-order valence-corrected chi connectivity index (χ1v) is 6.28. The van der Waals surface area contributed by atoms with Gasteiger partial charge in [0.05, 0.1) is 12.1 Å². The molecule has 84 valence electrons. The Hall–Kier alpha value is -0.770. The standard InChI is InChI=1S/C12H12ClNOS/c1-8(7-15)16-12-4-5-14-11-6-9(13)2-3-10(11)12/h2-6,8,15H,7H2,1H3. The minimum Gasteiger partial charge on any atom is -0.395 e. The van der Waals surface area contributed by atoms with E-state index in [4.69, 9.17) is 16.7 Å². The summed E-state index contributed by atoms with van der Waals surface area (Å²) in [4.78, 5) is 5.40. The Morgan fingerprint density at radius 1 is 1.44 bits per heavy atom. The van der Waals surface area contributed by atoms with Crippen molar-refractivity contribution in [3.63, 3.8) is 0 Å². The highest BCUT2D eigenvalue weighted by Gasteiger charge is 2.07. The van der Waals surface area contributed by atoms with Gasteiger partial charge in [-0.05, 0) is 18.2 Å². The van der Waals surface area contributed by atoms with E-state index in [-0.39, 0.29) is 11.9 Å². The van der Waals surface area contributed by atoms with Gasteiger partial charge in [-0.2, -0.15) is 0 Å². The lowest BCUT2D eigenvalue weighted by atomic mass is 10.2. The zero-order chi connectivity index (χ0) is 11.5. The van der Waals surface area contributed by atoms with Crippen LogP contribution in [0.2, 0.25) is 5.02 Å². The Balaban J connectivity index is 2.45. The summed E-state index contributed by atoms with van der Waals surface area (Å²) in [7, 11) is 0. The summed E-state index contributed by atoms with van der Waals surface area (Å²) in [5.41, 5.74) is 0.891. The fraction of sp³-hybridized carbons (Fsp3) is 0.250. The van der Waals surface area contributed by atoms with Crippen molar-refractivity contribution in [1.82, 2.24) is 4.98 Å². The molecule has 0 saturated carbocycles. The average Bonchev–Trinajstić information content (AvgIpc) is 2.28. The number of aromatic nitrogens is 1. The molecule has 1 aromatic heterocycles. The van der Waals surface area contributed by atoms with Crippen LogP contribution in [-0.4, -0.2) is 21.9 Å². The summed E-state index contributed by atoms with van der Waals surface area (Å²) in [6.07, 6.45) is 1.77. The number of halogens is 1. The van der Waals surface area contributed by atoms with Crippen molar-refractivity contribution in [3.05, 3.63) is 35.5 Å². The van der Waals surface area contributed by atoms with Crippen LogP contribution in [0.25, 0.3) is 10.9 Å². The first-order valence-electron chi connectivity index (χ1n) is 5.02. The maximum atomic E-state index is 9.05. The summed E-state index contributed by atoms with van der Waals surface area (Å²) in [6, 6.07) is 7.65. The van der Waals surface area contributed by atoms with Crippen LogP contribution in [0.5, 0.6) is 0 Å². The van der Waals surface area contributed by atoms with E-state index in [1.165, 1.54) is 0 Å². The van der Waals surface area contributed by atoms with E-state index in [0.717, 1.165) is 15.8 Å². The zero-order valence-corrected chi connectivity index (χ0v) is 10.4. The van der Waals surface area contributed by atoms with Crippen LogP contribution < -0.4 is 0 Å². The number of benzene rings is 1. The van der Waals surface area contributed by atoms with Crippen LogP contribution in [0.1, 0.15) is 6.92 Å². The number of fused-ring (bicyclic) bond motifs is 1. The van der Waals surface area contributed by atoms with E-state index in [0.29, 0.717) is 5.02 Å². The summed E-state index contributed by atoms with van der Waals surface area (Å²) in [5, 5.41) is 11.0. The fourth-order valence-corrected chi connectivity index (χ4v) is 2.57. The van der Waals surface area contributed by atoms with Gasteiger partial charge in [-0.25, -0.2) is 0 Å². The normalized spacial score (nSPS) is 12.9. The first kappa shape index (κ1) is 11.7. The molecule has 2 aromatic rings. The highest BCUT2D eigenvalue weighted by molar-refractivity contribution is 8.00. The molecule has 0 amide bonds. The molecule has 0 radical (unpaired) electrons. The fourth-order valence-electron chi connectivity index (χ4n) is 1.45. The van der Waals surface area contributed by atoms with Crippen molar-refractivity contribution in [2.75, 3.05) is 6.61 Å². The number of pyridine rings is 1. The van der Waals surface area contributed by atoms with Crippen molar-refractivity contribution in [1.29, 1.82) is 0 Å². The second-order valence-electron chi connectivity index (χ2n) is 3.58. The molecule has 0 bridgehead atoms. The zero-order valence-electron chi connectivity index (χ0n) is 8.85. The van der Waals surface area contributed by atoms with Crippen molar-refractivity contribution >= 4 is 34.3 Å². The number of nitrogens with zero attached hydrogens (tertiary/aromatic N) is 1. The minimum atomic E-state index is 0.169. The minimum absolute atomic E-state index is 0.169. The van der Waals surface area contributed by atoms with Crippen LogP contribution in [0, 0.1) is 0 Å². The molecule has 0 saturated heterocycles. The number of hydrogen-bond acceptors (Lipinski definition) is 3. The molecule has 2 rings (SSSR count). The van der Waals surface area contributed by atoms with Gasteiger partial charge < -0.3 is 5.11 Å². The third-order valence-corrected chi connectivity index (χ3v) is 3.65. The van der Waals surface area contributed by atoms with Gasteiger partial charge in [0, 0.05) is 26.8 Å². The molecular weight excluding hydrogens is 242 g/mol. The van der Waals surface area contributed by atoms with E-state index in [9.17, 15) is 0 Å². The van der Waals surface area contributed by atoms with Gasteiger partial charge in [-0.1, -0.05) is 24.6 Å². The van der Waals surface area contributed by atoms with Gasteiger partial charge in [0.2, 0.25) is 0 Å². The van der Waals surface area contributed by atoms with Gasteiger partial charge in [0.25, 0.3) is 0 Å². The quantitative estimate of drug-likeness (QED) is 0.852. The summed E-state index contributed by atoms with van der Waals surface area (Å²) >= 11 is 7.56. The summed E-state index contributed by atoms with van der Waals surface area (Å²) < 4.78 is 0. The van der Waals surface area contributed by atoms with Gasteiger partial charge >= 0.3 is 0 Å². The van der Waals surface area contributed by atoms with E-state index in [2.05, 4.69) is 4.98 Å². The van der Waals surface area contributed by atoms with Crippen molar-refractivity contribution in [2.24, 2.45) is 0 Å². The SMILES string of the molecule is CC(CO)Sc1ccnc2cc(Cl)ccc12. The van der Waals surface area contributed by atoms with Crippen LogP contribution in [0.15, 0.2) is 35.4 Å². The molecule has 2 nitrogen and oxygen atoms in total. The molecule has 0 aliphatic heterocycles. The lowest BCUT2D eigenvalue weighted by Crippen LogP contribution is -2.01. The molecule has 1 unspecified atom stereocenters. The van der Waals surface area contributed by atoms with Crippen LogP contribution >= 0.6 is 23.4 Å². The maximum Gasteiger partial charge on any atom is 0.0728 e. The Morgan fingerprint density at radius 2 is 2.25 bits per heavy atom. The van der Waals surface area contributed by atoms with Gasteiger partial charge in [-0.15, -0.1) is 11.8 Å². The monoisotopic (exact) mass is 253 g/mol. The second-order valence-corrected chi connectivity index (χ2v) is 5.50. The van der Waals surface area contributed by atoms with Gasteiger partial charge in [0.15, 0.2) is 0 Å². The topological polar surface area (TPSA) is 33.1 Å². The molecular formula is C12H12ClNOS. The molecule has 1 heterocycles. The molecule has 0 spiro atoms. The first-order chi connectivity index (χ1) is 7.70. The predicted molar refractivity (Wildman–Crippen MR) is 69.2 cm³/mol. The Morgan fingerprint density at radius 3 is 3.00 bits per heavy atom. The largest absolute Gasteiger partial charge is 0.395 e. The Kier molecular flexibility index (Phi) is 3.69. The number of aliphatic hydroxyl groups excluding tert-OH is 1. The molecule has 16 heavy (non-hydrogen) atoms. The number of thioether (sulfide) groups is 1. The van der Waals surface area contributed by atoms with Crippen LogP contribution in [0.3, 0.4) is 0 Å². The number of aliphatic hydroxyl groups is 1. The molecule has 1 aromatic carbocycles. The Labute approximate surface area is 104 Å². The van der Waals surface area contributed by atoms with Crippen LogP contribution in [-0.2, 0) is 0 Å². The molecule has 0 aliphatic carbocycles. The highest BCUT2D eigenvalue weighted by Crippen LogP contribution is 2.30. The third kappa shape index (κ3) is 2.48. The van der Waals surface area contributed by atoms with Gasteiger partial charge in [-0.3, -0.25) is 4.98 Å². The maximum absolute atomic E-state index is 9.05. The molecule has 0 fully saturated rings.